The number of hydrogen-bond acceptors (Lipinski definition) is 4. The molecule has 0 amide bonds. The van der Waals surface area contributed by atoms with Gasteiger partial charge in [0.05, 0.1) is 19.3 Å². The molecular formula is C11H24N2O2. The Morgan fingerprint density at radius 2 is 2.33 bits per heavy atom. The predicted octanol–water partition coefficient (Wildman–Crippen LogP) is 0.0676. The lowest BCUT2D eigenvalue weighted by atomic mass is 10.2. The molecule has 1 aliphatic rings. The molecule has 90 valence electrons. The van der Waals surface area contributed by atoms with E-state index in [0.29, 0.717) is 6.10 Å². The molecular weight excluding hydrogens is 192 g/mol. The summed E-state index contributed by atoms with van der Waals surface area (Å²) in [5.41, 5.74) is 0. The Balaban J connectivity index is 2.29. The molecule has 1 saturated heterocycles. The van der Waals surface area contributed by atoms with Gasteiger partial charge in [0, 0.05) is 25.7 Å². The van der Waals surface area contributed by atoms with Crippen LogP contribution in [0.25, 0.3) is 0 Å². The number of aliphatic hydroxyl groups is 1. The van der Waals surface area contributed by atoms with Gasteiger partial charge in [-0.05, 0) is 13.0 Å². The van der Waals surface area contributed by atoms with Gasteiger partial charge >= 0.3 is 0 Å². The van der Waals surface area contributed by atoms with Crippen LogP contribution in [0.2, 0.25) is 0 Å². The Labute approximate surface area is 92.6 Å². The molecule has 0 aromatic heterocycles. The van der Waals surface area contributed by atoms with Gasteiger partial charge in [0.2, 0.25) is 0 Å². The van der Waals surface area contributed by atoms with Crippen molar-refractivity contribution < 1.29 is 9.84 Å². The Hall–Kier alpha value is -0.160. The molecule has 1 heterocycles. The molecule has 0 aromatic carbocycles. The maximum atomic E-state index is 9.19. The lowest BCUT2D eigenvalue weighted by Gasteiger charge is -2.34. The van der Waals surface area contributed by atoms with Crippen LogP contribution in [0.1, 0.15) is 20.3 Å². The normalized spacial score (nSPS) is 25.4. The monoisotopic (exact) mass is 216 g/mol. The van der Waals surface area contributed by atoms with Crippen LogP contribution < -0.4 is 5.32 Å². The highest BCUT2D eigenvalue weighted by Gasteiger charge is 2.20. The van der Waals surface area contributed by atoms with Crippen molar-refractivity contribution >= 4 is 0 Å². The summed E-state index contributed by atoms with van der Waals surface area (Å²) >= 11 is 0. The van der Waals surface area contributed by atoms with Gasteiger partial charge in [0.15, 0.2) is 0 Å². The number of rotatable bonds is 6. The van der Waals surface area contributed by atoms with Crippen LogP contribution in [0.5, 0.6) is 0 Å². The Kier molecular flexibility index (Phi) is 6.17. The lowest BCUT2D eigenvalue weighted by Crippen LogP contribution is -2.49. The van der Waals surface area contributed by atoms with Crippen molar-refractivity contribution in [1.82, 2.24) is 10.2 Å². The van der Waals surface area contributed by atoms with Crippen molar-refractivity contribution in [2.24, 2.45) is 0 Å². The SMILES string of the molecule is CCNC(CO)CN1CCOC(CC)C1. The van der Waals surface area contributed by atoms with Gasteiger partial charge in [-0.2, -0.15) is 0 Å². The van der Waals surface area contributed by atoms with E-state index in [0.717, 1.165) is 39.2 Å². The van der Waals surface area contributed by atoms with Crippen molar-refractivity contribution in [3.05, 3.63) is 0 Å². The first-order chi connectivity index (χ1) is 7.30. The summed E-state index contributed by atoms with van der Waals surface area (Å²) in [4.78, 5) is 2.38. The third-order valence-electron chi connectivity index (χ3n) is 2.87. The first-order valence-electron chi connectivity index (χ1n) is 5.98. The van der Waals surface area contributed by atoms with E-state index in [1.807, 2.05) is 0 Å². The zero-order chi connectivity index (χ0) is 11.1. The lowest BCUT2D eigenvalue weighted by molar-refractivity contribution is -0.0337. The number of likely N-dealkylation sites (N-methyl/N-ethyl adjacent to an activating group) is 1. The van der Waals surface area contributed by atoms with Crippen molar-refractivity contribution in [3.63, 3.8) is 0 Å². The molecule has 4 nitrogen and oxygen atoms in total. The van der Waals surface area contributed by atoms with Crippen molar-refractivity contribution in [2.75, 3.05) is 39.4 Å². The molecule has 1 rings (SSSR count). The van der Waals surface area contributed by atoms with E-state index in [4.69, 9.17) is 4.74 Å². The fraction of sp³-hybridized carbons (Fsp3) is 1.00. The van der Waals surface area contributed by atoms with Crippen molar-refractivity contribution in [2.45, 2.75) is 32.4 Å². The summed E-state index contributed by atoms with van der Waals surface area (Å²) in [5.74, 6) is 0. The van der Waals surface area contributed by atoms with E-state index in [-0.39, 0.29) is 12.6 Å². The topological polar surface area (TPSA) is 44.7 Å². The van der Waals surface area contributed by atoms with Gasteiger partial charge in [-0.1, -0.05) is 13.8 Å². The third kappa shape index (κ3) is 4.47. The van der Waals surface area contributed by atoms with Crippen molar-refractivity contribution in [1.29, 1.82) is 0 Å². The molecule has 2 unspecified atom stereocenters. The van der Waals surface area contributed by atoms with Crippen LogP contribution in [-0.4, -0.2) is 61.5 Å². The Morgan fingerprint density at radius 1 is 1.53 bits per heavy atom. The van der Waals surface area contributed by atoms with E-state index in [1.54, 1.807) is 0 Å². The number of nitrogens with one attached hydrogen (secondary N) is 1. The van der Waals surface area contributed by atoms with E-state index >= 15 is 0 Å². The maximum Gasteiger partial charge on any atom is 0.0700 e. The first kappa shape index (κ1) is 12.9. The summed E-state index contributed by atoms with van der Waals surface area (Å²) in [6.07, 6.45) is 1.45. The highest BCUT2D eigenvalue weighted by Crippen LogP contribution is 2.08. The molecule has 0 saturated carbocycles. The van der Waals surface area contributed by atoms with E-state index in [9.17, 15) is 5.11 Å². The number of morpholine rings is 1. The van der Waals surface area contributed by atoms with Gasteiger partial charge in [-0.25, -0.2) is 0 Å². The molecule has 15 heavy (non-hydrogen) atoms. The summed E-state index contributed by atoms with van der Waals surface area (Å²) in [7, 11) is 0. The molecule has 0 aromatic rings. The van der Waals surface area contributed by atoms with Crippen LogP contribution in [0.3, 0.4) is 0 Å². The van der Waals surface area contributed by atoms with Gasteiger partial charge in [0.1, 0.15) is 0 Å². The summed E-state index contributed by atoms with van der Waals surface area (Å²) in [5, 5.41) is 12.5. The van der Waals surface area contributed by atoms with Crippen LogP contribution in [0, 0.1) is 0 Å². The second kappa shape index (κ2) is 7.17. The van der Waals surface area contributed by atoms with E-state index in [1.165, 1.54) is 0 Å². The molecule has 1 fully saturated rings. The standard InChI is InChI=1S/C11H24N2O2/c1-3-11-8-13(5-6-15-11)7-10(9-14)12-4-2/h10-12,14H,3-9H2,1-2H3. The van der Waals surface area contributed by atoms with Gasteiger partial charge in [-0.3, -0.25) is 4.90 Å². The number of nitrogens with zero attached hydrogens (tertiary/aromatic N) is 1. The summed E-state index contributed by atoms with van der Waals surface area (Å²) in [6, 6.07) is 0.200. The first-order valence-corrected chi connectivity index (χ1v) is 5.98. The predicted molar refractivity (Wildman–Crippen MR) is 61.0 cm³/mol. The molecule has 2 N–H and O–H groups in total. The Bertz CT molecular complexity index is 167. The summed E-state index contributed by atoms with van der Waals surface area (Å²) < 4.78 is 5.61. The molecule has 0 bridgehead atoms. The molecule has 0 aliphatic carbocycles. The van der Waals surface area contributed by atoms with Crippen LogP contribution in [-0.2, 0) is 4.74 Å². The van der Waals surface area contributed by atoms with Crippen LogP contribution >= 0.6 is 0 Å². The second-order valence-corrected chi connectivity index (χ2v) is 4.10. The smallest absolute Gasteiger partial charge is 0.0700 e. The molecule has 4 heteroatoms. The molecule has 0 radical (unpaired) electrons. The highest BCUT2D eigenvalue weighted by molar-refractivity contribution is 4.76. The number of aliphatic hydroxyl groups excluding tert-OH is 1. The van der Waals surface area contributed by atoms with Gasteiger partial charge < -0.3 is 15.2 Å². The molecule has 1 aliphatic heterocycles. The maximum absolute atomic E-state index is 9.19. The fourth-order valence-corrected chi connectivity index (χ4v) is 1.98. The fourth-order valence-electron chi connectivity index (χ4n) is 1.98. The third-order valence-corrected chi connectivity index (χ3v) is 2.87. The molecule has 2 atom stereocenters. The average Bonchev–Trinajstić information content (AvgIpc) is 2.29. The highest BCUT2D eigenvalue weighted by atomic mass is 16.5. The zero-order valence-electron chi connectivity index (χ0n) is 9.91. The number of hydrogen-bond donors (Lipinski definition) is 2. The molecule has 0 spiro atoms. The van der Waals surface area contributed by atoms with Gasteiger partial charge in [-0.15, -0.1) is 0 Å². The minimum absolute atomic E-state index is 0.200. The Morgan fingerprint density at radius 3 is 2.93 bits per heavy atom. The minimum atomic E-state index is 0.200. The largest absolute Gasteiger partial charge is 0.395 e. The minimum Gasteiger partial charge on any atom is -0.395 e. The second-order valence-electron chi connectivity index (χ2n) is 4.10. The number of ether oxygens (including phenoxy) is 1. The van der Waals surface area contributed by atoms with E-state index < -0.39 is 0 Å². The van der Waals surface area contributed by atoms with Crippen LogP contribution in [0.4, 0.5) is 0 Å². The van der Waals surface area contributed by atoms with Crippen molar-refractivity contribution in [3.8, 4) is 0 Å². The quantitative estimate of drug-likeness (QED) is 0.659. The zero-order valence-corrected chi connectivity index (χ0v) is 9.91. The summed E-state index contributed by atoms with van der Waals surface area (Å²) in [6.45, 7) is 9.07. The van der Waals surface area contributed by atoms with Crippen LogP contribution in [0.15, 0.2) is 0 Å². The average molecular weight is 216 g/mol. The van der Waals surface area contributed by atoms with E-state index in [2.05, 4.69) is 24.1 Å². The van der Waals surface area contributed by atoms with Gasteiger partial charge in [0.25, 0.3) is 0 Å².